The van der Waals surface area contributed by atoms with E-state index < -0.39 is 15.5 Å². The Bertz CT molecular complexity index is 780. The lowest BCUT2D eigenvalue weighted by Crippen LogP contribution is -1.98. The number of anilines is 1. The molecule has 1 aromatic carbocycles. The van der Waals surface area contributed by atoms with Crippen molar-refractivity contribution >= 4 is 29.4 Å². The second-order valence-corrected chi connectivity index (χ2v) is 4.49. The molecule has 0 unspecified atom stereocenters. The Morgan fingerprint density at radius 3 is 2.65 bits per heavy atom. The maximum Gasteiger partial charge on any atom is 0.301 e. The summed E-state index contributed by atoms with van der Waals surface area (Å²) in [5.41, 5.74) is 2.52. The van der Waals surface area contributed by atoms with E-state index in [-0.39, 0.29) is 11.4 Å². The number of hydrazone groups is 1. The van der Waals surface area contributed by atoms with E-state index >= 15 is 0 Å². The molecule has 0 spiro atoms. The van der Waals surface area contributed by atoms with Crippen LogP contribution in [0.15, 0.2) is 51.7 Å². The van der Waals surface area contributed by atoms with Crippen LogP contribution >= 0.6 is 0 Å². The van der Waals surface area contributed by atoms with Gasteiger partial charge >= 0.3 is 5.69 Å². The molecule has 1 heterocycles. The lowest BCUT2D eigenvalue weighted by molar-refractivity contribution is -0.393. The van der Waals surface area contributed by atoms with Crippen LogP contribution in [-0.4, -0.2) is 16.1 Å². The summed E-state index contributed by atoms with van der Waals surface area (Å²) >= 11 is 0. The number of rotatable bonds is 6. The predicted molar refractivity (Wildman–Crippen MR) is 84.2 cm³/mol. The quantitative estimate of drug-likeness (QED) is 0.493. The number of allylic oxidation sites excluding steroid dienone is 1. The minimum absolute atomic E-state index is 0.0580. The average molecular weight is 316 g/mol. The maximum atomic E-state index is 11.0. The van der Waals surface area contributed by atoms with E-state index in [9.17, 15) is 20.2 Å². The topological polar surface area (TPSA) is 124 Å². The molecule has 9 heteroatoms. The van der Waals surface area contributed by atoms with Crippen molar-refractivity contribution in [2.24, 2.45) is 5.10 Å². The molecule has 0 aliphatic rings. The van der Waals surface area contributed by atoms with Crippen LogP contribution in [-0.2, 0) is 0 Å². The molecule has 9 nitrogen and oxygen atoms in total. The van der Waals surface area contributed by atoms with Crippen molar-refractivity contribution in [3.05, 3.63) is 68.2 Å². The van der Waals surface area contributed by atoms with Crippen LogP contribution in [0, 0.1) is 20.2 Å². The Hall–Kier alpha value is -3.49. The smallest absolute Gasteiger partial charge is 0.301 e. The molecule has 23 heavy (non-hydrogen) atoms. The number of non-ortho nitro benzene ring substituents is 1. The van der Waals surface area contributed by atoms with Crippen LogP contribution in [0.25, 0.3) is 6.08 Å². The summed E-state index contributed by atoms with van der Waals surface area (Å²) in [4.78, 5) is 20.2. The van der Waals surface area contributed by atoms with E-state index in [0.29, 0.717) is 5.76 Å². The second-order valence-electron chi connectivity index (χ2n) is 4.49. The van der Waals surface area contributed by atoms with Gasteiger partial charge in [0, 0.05) is 6.07 Å². The van der Waals surface area contributed by atoms with Crippen LogP contribution in [0.1, 0.15) is 12.7 Å². The van der Waals surface area contributed by atoms with Crippen molar-refractivity contribution in [1.82, 2.24) is 0 Å². The van der Waals surface area contributed by atoms with Crippen molar-refractivity contribution in [3.8, 4) is 0 Å². The lowest BCUT2D eigenvalue weighted by atomic mass is 10.2. The van der Waals surface area contributed by atoms with Crippen LogP contribution in [0.2, 0.25) is 0 Å². The zero-order valence-corrected chi connectivity index (χ0v) is 12.0. The summed E-state index contributed by atoms with van der Waals surface area (Å²) in [6.45, 7) is 1.78. The van der Waals surface area contributed by atoms with E-state index in [1.807, 2.05) is 0 Å². The molecular weight excluding hydrogens is 304 g/mol. The first-order valence-electron chi connectivity index (χ1n) is 6.41. The van der Waals surface area contributed by atoms with Crippen LogP contribution in [0.3, 0.4) is 0 Å². The molecule has 0 atom stereocenters. The van der Waals surface area contributed by atoms with Crippen LogP contribution in [0.4, 0.5) is 17.1 Å². The first-order valence-corrected chi connectivity index (χ1v) is 6.41. The number of nitrogens with zero attached hydrogens (tertiary/aromatic N) is 3. The normalized spacial score (nSPS) is 11.6. The highest BCUT2D eigenvalue weighted by Crippen LogP contribution is 2.28. The number of hydrogen-bond acceptors (Lipinski definition) is 7. The van der Waals surface area contributed by atoms with Gasteiger partial charge in [0.15, 0.2) is 0 Å². The lowest BCUT2D eigenvalue weighted by Gasteiger charge is -2.01. The fourth-order valence-corrected chi connectivity index (χ4v) is 1.72. The standard InChI is InChI=1S/C14H12N4O5/c1-10(7-12-3-2-6-23-12)9-15-16-13-5-4-11(17(19)20)8-14(13)18(21)22/h2-9,16H,1H3/b10-7-,15-9?. The number of nitrogens with one attached hydrogen (secondary N) is 1. The molecule has 0 bridgehead atoms. The summed E-state index contributed by atoms with van der Waals surface area (Å²) in [7, 11) is 0. The summed E-state index contributed by atoms with van der Waals surface area (Å²) in [6.07, 6.45) is 4.72. The third kappa shape index (κ3) is 4.24. The van der Waals surface area contributed by atoms with Gasteiger partial charge < -0.3 is 4.42 Å². The molecular formula is C14H12N4O5. The molecule has 0 amide bonds. The molecule has 0 saturated heterocycles. The van der Waals surface area contributed by atoms with Gasteiger partial charge in [-0.2, -0.15) is 5.10 Å². The Balaban J connectivity index is 2.15. The van der Waals surface area contributed by atoms with Gasteiger partial charge in [0.25, 0.3) is 5.69 Å². The van der Waals surface area contributed by atoms with E-state index in [1.54, 1.807) is 25.1 Å². The van der Waals surface area contributed by atoms with Gasteiger partial charge in [-0.15, -0.1) is 0 Å². The average Bonchev–Trinajstić information content (AvgIpc) is 2.99. The van der Waals surface area contributed by atoms with Crippen molar-refractivity contribution in [2.75, 3.05) is 5.43 Å². The zero-order chi connectivity index (χ0) is 16.8. The summed E-state index contributed by atoms with van der Waals surface area (Å²) in [5.74, 6) is 0.648. The molecule has 2 aromatic rings. The van der Waals surface area contributed by atoms with Gasteiger partial charge in [0.1, 0.15) is 11.4 Å². The number of nitro groups is 2. The van der Waals surface area contributed by atoms with Gasteiger partial charge in [0.05, 0.1) is 28.4 Å². The Labute approximate surface area is 130 Å². The second kappa shape index (κ2) is 6.98. The Morgan fingerprint density at radius 1 is 1.26 bits per heavy atom. The zero-order valence-electron chi connectivity index (χ0n) is 12.0. The predicted octanol–water partition coefficient (Wildman–Crippen LogP) is 3.60. The fourth-order valence-electron chi connectivity index (χ4n) is 1.72. The Morgan fingerprint density at radius 2 is 2.04 bits per heavy atom. The van der Waals surface area contributed by atoms with Crippen molar-refractivity contribution < 1.29 is 14.3 Å². The van der Waals surface area contributed by atoms with Crippen molar-refractivity contribution in [1.29, 1.82) is 0 Å². The first-order chi connectivity index (χ1) is 11.0. The van der Waals surface area contributed by atoms with Crippen molar-refractivity contribution in [2.45, 2.75) is 6.92 Å². The largest absolute Gasteiger partial charge is 0.465 e. The monoisotopic (exact) mass is 316 g/mol. The SMILES string of the molecule is C/C(C=NNc1ccc([N+](=O)[O-])cc1[N+](=O)[O-])=C/c1ccco1. The molecule has 0 fully saturated rings. The fraction of sp³-hybridized carbons (Fsp3) is 0.0714. The summed E-state index contributed by atoms with van der Waals surface area (Å²) < 4.78 is 5.14. The minimum Gasteiger partial charge on any atom is -0.465 e. The number of furan rings is 1. The molecule has 1 aromatic heterocycles. The third-order valence-electron chi connectivity index (χ3n) is 2.76. The van der Waals surface area contributed by atoms with Gasteiger partial charge in [-0.05, 0) is 36.8 Å². The molecule has 2 rings (SSSR count). The first kappa shape index (κ1) is 15.9. The van der Waals surface area contributed by atoms with E-state index in [2.05, 4.69) is 10.5 Å². The van der Waals surface area contributed by atoms with Crippen LogP contribution in [0.5, 0.6) is 0 Å². The highest BCUT2D eigenvalue weighted by molar-refractivity contribution is 5.84. The molecule has 0 radical (unpaired) electrons. The molecule has 0 aliphatic heterocycles. The third-order valence-corrected chi connectivity index (χ3v) is 2.76. The minimum atomic E-state index is -0.712. The molecule has 1 N–H and O–H groups in total. The number of nitro benzene ring substituents is 2. The van der Waals surface area contributed by atoms with Crippen LogP contribution < -0.4 is 5.43 Å². The number of hydrogen-bond donors (Lipinski definition) is 1. The summed E-state index contributed by atoms with van der Waals surface area (Å²) in [6, 6.07) is 6.79. The Kier molecular flexibility index (Phi) is 4.82. The van der Waals surface area contributed by atoms with Gasteiger partial charge in [-0.3, -0.25) is 25.7 Å². The van der Waals surface area contributed by atoms with Gasteiger partial charge in [0.2, 0.25) is 0 Å². The number of benzene rings is 1. The highest BCUT2D eigenvalue weighted by atomic mass is 16.6. The highest BCUT2D eigenvalue weighted by Gasteiger charge is 2.18. The van der Waals surface area contributed by atoms with E-state index in [1.165, 1.54) is 18.5 Å². The van der Waals surface area contributed by atoms with Crippen molar-refractivity contribution in [3.63, 3.8) is 0 Å². The van der Waals surface area contributed by atoms with E-state index in [4.69, 9.17) is 4.42 Å². The summed E-state index contributed by atoms with van der Waals surface area (Å²) in [5, 5.41) is 25.5. The molecule has 0 saturated carbocycles. The molecule has 0 aliphatic carbocycles. The maximum absolute atomic E-state index is 11.0. The molecule has 118 valence electrons. The van der Waals surface area contributed by atoms with Gasteiger partial charge in [-0.25, -0.2) is 0 Å². The van der Waals surface area contributed by atoms with E-state index in [0.717, 1.165) is 17.7 Å². The van der Waals surface area contributed by atoms with Gasteiger partial charge in [-0.1, -0.05) is 0 Å².